The molecule has 2 rings (SSSR count). The Bertz CT molecular complexity index is 233. The van der Waals surface area contributed by atoms with Crippen LogP contribution in [-0.2, 0) is 0 Å². The van der Waals surface area contributed by atoms with E-state index in [1.807, 2.05) is 12.2 Å². The van der Waals surface area contributed by atoms with Gasteiger partial charge in [0.25, 0.3) is 0 Å². The SMILES string of the molecule is ClC1=CC=C2CC[C@@H]2C=C1. The Kier molecular flexibility index (Phi) is 1.42. The van der Waals surface area contributed by atoms with Crippen molar-refractivity contribution in [2.24, 2.45) is 5.92 Å². The number of fused-ring (bicyclic) bond motifs is 1. The van der Waals surface area contributed by atoms with Gasteiger partial charge in [0, 0.05) is 5.03 Å². The van der Waals surface area contributed by atoms with E-state index in [2.05, 4.69) is 12.2 Å². The van der Waals surface area contributed by atoms with Crippen molar-refractivity contribution in [3.8, 4) is 0 Å². The number of hydrogen-bond acceptors (Lipinski definition) is 0. The smallest absolute Gasteiger partial charge is 0.0403 e. The molecule has 0 N–H and O–H groups in total. The Morgan fingerprint density at radius 1 is 1.40 bits per heavy atom. The van der Waals surface area contributed by atoms with Crippen LogP contribution in [0, 0.1) is 5.92 Å². The molecule has 0 bridgehead atoms. The molecule has 0 radical (unpaired) electrons. The third-order valence-electron chi connectivity index (χ3n) is 2.16. The minimum atomic E-state index is 0.701. The molecule has 0 spiro atoms. The number of allylic oxidation sites excluding steroid dienone is 6. The summed E-state index contributed by atoms with van der Waals surface area (Å²) in [5.41, 5.74) is 1.53. The minimum Gasteiger partial charge on any atom is -0.0844 e. The van der Waals surface area contributed by atoms with Crippen LogP contribution in [0.1, 0.15) is 12.8 Å². The first kappa shape index (κ1) is 6.23. The van der Waals surface area contributed by atoms with E-state index in [1.54, 1.807) is 0 Å². The molecule has 1 heteroatoms. The van der Waals surface area contributed by atoms with E-state index in [-0.39, 0.29) is 0 Å². The first-order chi connectivity index (χ1) is 4.86. The van der Waals surface area contributed by atoms with Crippen LogP contribution in [0.5, 0.6) is 0 Å². The van der Waals surface area contributed by atoms with Crippen LogP contribution in [0.2, 0.25) is 0 Å². The summed E-state index contributed by atoms with van der Waals surface area (Å²) in [5, 5.41) is 0.849. The number of halogens is 1. The number of hydrogen-bond donors (Lipinski definition) is 0. The van der Waals surface area contributed by atoms with Crippen molar-refractivity contribution in [1.82, 2.24) is 0 Å². The van der Waals surface area contributed by atoms with Crippen molar-refractivity contribution in [3.63, 3.8) is 0 Å². The van der Waals surface area contributed by atoms with Gasteiger partial charge in [-0.15, -0.1) is 0 Å². The summed E-state index contributed by atoms with van der Waals surface area (Å²) in [6.07, 6.45) is 10.9. The zero-order valence-electron chi connectivity index (χ0n) is 5.68. The molecule has 0 aromatic heterocycles. The second-order valence-electron chi connectivity index (χ2n) is 2.80. The lowest BCUT2D eigenvalue weighted by Crippen LogP contribution is -2.11. The second-order valence-corrected chi connectivity index (χ2v) is 3.23. The molecule has 0 aliphatic heterocycles. The molecule has 0 amide bonds. The molecule has 10 heavy (non-hydrogen) atoms. The van der Waals surface area contributed by atoms with E-state index in [9.17, 15) is 0 Å². The van der Waals surface area contributed by atoms with Crippen LogP contribution >= 0.6 is 11.6 Å². The average molecular weight is 153 g/mol. The highest BCUT2D eigenvalue weighted by Gasteiger charge is 2.21. The van der Waals surface area contributed by atoms with Gasteiger partial charge >= 0.3 is 0 Å². The molecule has 52 valence electrons. The van der Waals surface area contributed by atoms with Crippen molar-refractivity contribution < 1.29 is 0 Å². The maximum atomic E-state index is 5.81. The van der Waals surface area contributed by atoms with Crippen LogP contribution in [-0.4, -0.2) is 0 Å². The molecule has 0 nitrogen and oxygen atoms in total. The predicted octanol–water partition coefficient (Wildman–Crippen LogP) is 3.02. The summed E-state index contributed by atoms with van der Waals surface area (Å²) in [4.78, 5) is 0. The highest BCUT2D eigenvalue weighted by Crippen LogP contribution is 2.36. The molecule has 0 unspecified atom stereocenters. The first-order valence-corrected chi connectivity index (χ1v) is 3.98. The highest BCUT2D eigenvalue weighted by molar-refractivity contribution is 6.31. The van der Waals surface area contributed by atoms with E-state index < -0.39 is 0 Å². The minimum absolute atomic E-state index is 0.701. The third-order valence-corrected chi connectivity index (χ3v) is 2.42. The maximum absolute atomic E-state index is 5.81. The van der Waals surface area contributed by atoms with Crippen molar-refractivity contribution in [1.29, 1.82) is 0 Å². The van der Waals surface area contributed by atoms with Gasteiger partial charge in [0.05, 0.1) is 0 Å². The Labute approximate surface area is 65.9 Å². The summed E-state index contributed by atoms with van der Waals surface area (Å²) >= 11 is 5.81. The van der Waals surface area contributed by atoms with Crippen molar-refractivity contribution in [3.05, 3.63) is 34.9 Å². The van der Waals surface area contributed by atoms with Crippen LogP contribution in [0.3, 0.4) is 0 Å². The van der Waals surface area contributed by atoms with Gasteiger partial charge < -0.3 is 0 Å². The fourth-order valence-electron chi connectivity index (χ4n) is 1.35. The van der Waals surface area contributed by atoms with Gasteiger partial charge in [-0.05, 0) is 30.9 Å². The molecule has 2 aliphatic carbocycles. The first-order valence-electron chi connectivity index (χ1n) is 3.61. The van der Waals surface area contributed by atoms with Crippen molar-refractivity contribution >= 4 is 11.6 Å². The van der Waals surface area contributed by atoms with Crippen molar-refractivity contribution in [2.75, 3.05) is 0 Å². The Morgan fingerprint density at radius 3 is 3.00 bits per heavy atom. The largest absolute Gasteiger partial charge is 0.0844 e. The van der Waals surface area contributed by atoms with Crippen LogP contribution in [0.25, 0.3) is 0 Å². The molecule has 1 atom stereocenters. The van der Waals surface area contributed by atoms with Gasteiger partial charge in [0.2, 0.25) is 0 Å². The lowest BCUT2D eigenvalue weighted by Gasteiger charge is -2.25. The molecule has 0 heterocycles. The normalized spacial score (nSPS) is 29.5. The maximum Gasteiger partial charge on any atom is 0.0403 e. The molecular formula is C9H9Cl. The van der Waals surface area contributed by atoms with Gasteiger partial charge in [-0.3, -0.25) is 0 Å². The molecule has 0 aromatic carbocycles. The Hall–Kier alpha value is -0.490. The van der Waals surface area contributed by atoms with Gasteiger partial charge in [-0.25, -0.2) is 0 Å². The fraction of sp³-hybridized carbons (Fsp3) is 0.333. The summed E-state index contributed by atoms with van der Waals surface area (Å²) < 4.78 is 0. The summed E-state index contributed by atoms with van der Waals surface area (Å²) in [7, 11) is 0. The third kappa shape index (κ3) is 0.929. The van der Waals surface area contributed by atoms with Gasteiger partial charge in [-0.1, -0.05) is 29.3 Å². The van der Waals surface area contributed by atoms with Gasteiger partial charge in [0.1, 0.15) is 0 Å². The van der Waals surface area contributed by atoms with Crippen LogP contribution < -0.4 is 0 Å². The molecular weight excluding hydrogens is 144 g/mol. The Balaban J connectivity index is 2.30. The number of rotatable bonds is 0. The predicted molar refractivity (Wildman–Crippen MR) is 43.9 cm³/mol. The molecule has 1 saturated carbocycles. The average Bonchev–Trinajstić information content (AvgIpc) is 1.94. The standard InChI is InChI=1S/C9H9Cl/c10-9-5-3-7-1-2-8(7)4-6-9/h3-7H,1-2H2/t7-/m1/s1. The van der Waals surface area contributed by atoms with Crippen LogP contribution in [0.4, 0.5) is 0 Å². The van der Waals surface area contributed by atoms with Crippen molar-refractivity contribution in [2.45, 2.75) is 12.8 Å². The van der Waals surface area contributed by atoms with E-state index in [1.165, 1.54) is 18.4 Å². The highest BCUT2D eigenvalue weighted by atomic mass is 35.5. The van der Waals surface area contributed by atoms with E-state index in [0.717, 1.165) is 5.03 Å². The Morgan fingerprint density at radius 2 is 2.30 bits per heavy atom. The fourth-order valence-corrected chi connectivity index (χ4v) is 1.49. The summed E-state index contributed by atoms with van der Waals surface area (Å²) in [6, 6.07) is 0. The molecule has 2 aliphatic rings. The van der Waals surface area contributed by atoms with Gasteiger partial charge in [0.15, 0.2) is 0 Å². The zero-order valence-corrected chi connectivity index (χ0v) is 6.43. The zero-order chi connectivity index (χ0) is 6.97. The topological polar surface area (TPSA) is 0 Å². The van der Waals surface area contributed by atoms with Gasteiger partial charge in [-0.2, -0.15) is 0 Å². The summed E-state index contributed by atoms with van der Waals surface area (Å²) in [5.74, 6) is 0.701. The second kappa shape index (κ2) is 2.28. The van der Waals surface area contributed by atoms with E-state index in [4.69, 9.17) is 11.6 Å². The molecule has 0 aromatic rings. The lowest BCUT2D eigenvalue weighted by molar-refractivity contribution is 0.534. The lowest BCUT2D eigenvalue weighted by atomic mass is 9.79. The summed E-state index contributed by atoms with van der Waals surface area (Å²) in [6.45, 7) is 0. The van der Waals surface area contributed by atoms with Crippen LogP contribution in [0.15, 0.2) is 34.9 Å². The van der Waals surface area contributed by atoms with E-state index >= 15 is 0 Å². The molecule has 1 fully saturated rings. The molecule has 0 saturated heterocycles. The van der Waals surface area contributed by atoms with E-state index in [0.29, 0.717) is 5.92 Å². The monoisotopic (exact) mass is 152 g/mol. The quantitative estimate of drug-likeness (QED) is 0.501.